The first-order valence-corrected chi connectivity index (χ1v) is 7.23. The van der Waals surface area contributed by atoms with Crippen LogP contribution in [-0.2, 0) is 19.6 Å². The summed E-state index contributed by atoms with van der Waals surface area (Å²) in [7, 11) is 1.57. The SMILES string of the molecule is COc1ccc(CNCCc2ccc(CO)cc2)cc1C#N. The minimum atomic E-state index is 0.0806. The Bertz CT molecular complexity index is 645. The number of rotatable bonds is 7. The summed E-state index contributed by atoms with van der Waals surface area (Å²) in [6.45, 7) is 1.65. The van der Waals surface area contributed by atoms with Crippen LogP contribution < -0.4 is 10.1 Å². The summed E-state index contributed by atoms with van der Waals surface area (Å²) in [6.07, 6.45) is 0.924. The average molecular weight is 296 g/mol. The Morgan fingerprint density at radius 3 is 2.41 bits per heavy atom. The predicted octanol–water partition coefficient (Wildman–Crippen LogP) is 2.39. The van der Waals surface area contributed by atoms with Crippen LogP contribution in [0.3, 0.4) is 0 Å². The van der Waals surface area contributed by atoms with Crippen LogP contribution in [-0.4, -0.2) is 18.8 Å². The van der Waals surface area contributed by atoms with Gasteiger partial charge in [0, 0.05) is 6.54 Å². The molecule has 0 aliphatic heterocycles. The van der Waals surface area contributed by atoms with Gasteiger partial charge >= 0.3 is 0 Å². The van der Waals surface area contributed by atoms with Gasteiger partial charge in [0.1, 0.15) is 11.8 Å². The van der Waals surface area contributed by atoms with E-state index in [4.69, 9.17) is 15.1 Å². The number of ether oxygens (including phenoxy) is 1. The molecule has 114 valence electrons. The molecular formula is C18H20N2O2. The van der Waals surface area contributed by atoms with Gasteiger partial charge in [-0.2, -0.15) is 5.26 Å². The molecule has 0 unspecified atom stereocenters. The van der Waals surface area contributed by atoms with Crippen molar-refractivity contribution in [2.24, 2.45) is 0 Å². The van der Waals surface area contributed by atoms with Crippen molar-refractivity contribution in [3.8, 4) is 11.8 Å². The summed E-state index contributed by atoms with van der Waals surface area (Å²) < 4.78 is 5.13. The zero-order chi connectivity index (χ0) is 15.8. The lowest BCUT2D eigenvalue weighted by Gasteiger charge is -2.08. The lowest BCUT2D eigenvalue weighted by molar-refractivity contribution is 0.282. The van der Waals surface area contributed by atoms with Crippen molar-refractivity contribution in [1.82, 2.24) is 5.32 Å². The Hall–Kier alpha value is -2.35. The van der Waals surface area contributed by atoms with Gasteiger partial charge in [-0.15, -0.1) is 0 Å². The van der Waals surface area contributed by atoms with E-state index in [1.165, 1.54) is 5.56 Å². The second-order valence-corrected chi connectivity index (χ2v) is 5.05. The third-order valence-corrected chi connectivity index (χ3v) is 3.51. The highest BCUT2D eigenvalue weighted by Crippen LogP contribution is 2.18. The van der Waals surface area contributed by atoms with Crippen molar-refractivity contribution in [2.45, 2.75) is 19.6 Å². The molecule has 2 aromatic rings. The van der Waals surface area contributed by atoms with Crippen LogP contribution in [0.5, 0.6) is 5.75 Å². The second kappa shape index (κ2) is 8.18. The molecule has 0 aliphatic carbocycles. The molecule has 0 amide bonds. The Morgan fingerprint density at radius 1 is 1.09 bits per heavy atom. The minimum Gasteiger partial charge on any atom is -0.495 e. The zero-order valence-corrected chi connectivity index (χ0v) is 12.7. The monoisotopic (exact) mass is 296 g/mol. The molecule has 2 rings (SSSR count). The van der Waals surface area contributed by atoms with Crippen molar-refractivity contribution in [1.29, 1.82) is 5.26 Å². The fourth-order valence-corrected chi connectivity index (χ4v) is 2.23. The molecule has 0 bridgehead atoms. The highest BCUT2D eigenvalue weighted by molar-refractivity contribution is 5.45. The van der Waals surface area contributed by atoms with Gasteiger partial charge in [-0.3, -0.25) is 0 Å². The van der Waals surface area contributed by atoms with Crippen molar-refractivity contribution >= 4 is 0 Å². The summed E-state index contributed by atoms with van der Waals surface area (Å²) in [5.41, 5.74) is 3.78. The molecule has 4 heteroatoms. The van der Waals surface area contributed by atoms with Gasteiger partial charge in [-0.1, -0.05) is 30.3 Å². The maximum Gasteiger partial charge on any atom is 0.136 e. The standard InChI is InChI=1S/C18H20N2O2/c1-22-18-7-6-16(10-17(18)11-19)12-20-9-8-14-2-4-15(13-21)5-3-14/h2-7,10,20-21H,8-9,12-13H2,1H3. The van der Waals surface area contributed by atoms with Crippen LogP contribution in [0.2, 0.25) is 0 Å². The van der Waals surface area contributed by atoms with Crippen LogP contribution in [0.1, 0.15) is 22.3 Å². The fourth-order valence-electron chi connectivity index (χ4n) is 2.23. The van der Waals surface area contributed by atoms with E-state index in [0.29, 0.717) is 17.9 Å². The number of nitrogens with one attached hydrogen (secondary N) is 1. The van der Waals surface area contributed by atoms with Gasteiger partial charge < -0.3 is 15.2 Å². The van der Waals surface area contributed by atoms with Gasteiger partial charge in [0.15, 0.2) is 0 Å². The second-order valence-electron chi connectivity index (χ2n) is 5.05. The van der Waals surface area contributed by atoms with Crippen LogP contribution in [0, 0.1) is 11.3 Å². The van der Waals surface area contributed by atoms with E-state index in [9.17, 15) is 0 Å². The van der Waals surface area contributed by atoms with Crippen molar-refractivity contribution in [3.63, 3.8) is 0 Å². The minimum absolute atomic E-state index is 0.0806. The molecule has 0 aromatic heterocycles. The first kappa shape index (κ1) is 16.0. The van der Waals surface area contributed by atoms with Crippen molar-refractivity contribution in [3.05, 3.63) is 64.7 Å². The Morgan fingerprint density at radius 2 is 1.77 bits per heavy atom. The Balaban J connectivity index is 1.82. The summed E-state index contributed by atoms with van der Waals surface area (Å²) in [5.74, 6) is 0.607. The van der Waals surface area contributed by atoms with E-state index in [1.54, 1.807) is 7.11 Å². The van der Waals surface area contributed by atoms with Gasteiger partial charge in [-0.25, -0.2) is 0 Å². The van der Waals surface area contributed by atoms with Gasteiger partial charge in [0.05, 0.1) is 19.3 Å². The lowest BCUT2D eigenvalue weighted by atomic mass is 10.1. The van der Waals surface area contributed by atoms with E-state index in [1.807, 2.05) is 42.5 Å². The van der Waals surface area contributed by atoms with Crippen LogP contribution in [0.25, 0.3) is 0 Å². The molecule has 2 N–H and O–H groups in total. The van der Waals surface area contributed by atoms with E-state index in [-0.39, 0.29) is 6.61 Å². The molecule has 0 saturated carbocycles. The average Bonchev–Trinajstić information content (AvgIpc) is 2.59. The van der Waals surface area contributed by atoms with Gasteiger partial charge in [0.25, 0.3) is 0 Å². The van der Waals surface area contributed by atoms with Crippen LogP contribution in [0.15, 0.2) is 42.5 Å². The molecule has 0 heterocycles. The topological polar surface area (TPSA) is 65.3 Å². The molecule has 0 atom stereocenters. The highest BCUT2D eigenvalue weighted by atomic mass is 16.5. The summed E-state index contributed by atoms with van der Waals surface area (Å²) in [4.78, 5) is 0. The quantitative estimate of drug-likeness (QED) is 0.770. The number of benzene rings is 2. The summed E-state index contributed by atoms with van der Waals surface area (Å²) in [5, 5.41) is 21.4. The fraction of sp³-hybridized carbons (Fsp3) is 0.278. The molecule has 0 saturated heterocycles. The molecule has 0 fully saturated rings. The van der Waals surface area contributed by atoms with E-state index < -0.39 is 0 Å². The maximum absolute atomic E-state index is 9.07. The maximum atomic E-state index is 9.07. The number of methoxy groups -OCH3 is 1. The van der Waals surface area contributed by atoms with Gasteiger partial charge in [0.2, 0.25) is 0 Å². The van der Waals surface area contributed by atoms with Crippen LogP contribution in [0.4, 0.5) is 0 Å². The molecule has 2 aromatic carbocycles. The smallest absolute Gasteiger partial charge is 0.136 e. The number of aliphatic hydroxyl groups excluding tert-OH is 1. The third kappa shape index (κ3) is 4.32. The number of nitriles is 1. The largest absolute Gasteiger partial charge is 0.495 e. The first-order chi connectivity index (χ1) is 10.8. The molecule has 4 nitrogen and oxygen atoms in total. The Kier molecular flexibility index (Phi) is 5.96. The molecule has 0 aliphatic rings. The molecular weight excluding hydrogens is 276 g/mol. The molecule has 0 radical (unpaired) electrons. The highest BCUT2D eigenvalue weighted by Gasteiger charge is 2.03. The van der Waals surface area contributed by atoms with Gasteiger partial charge in [-0.05, 0) is 41.8 Å². The first-order valence-electron chi connectivity index (χ1n) is 7.23. The summed E-state index contributed by atoms with van der Waals surface area (Å²) >= 11 is 0. The molecule has 0 spiro atoms. The zero-order valence-electron chi connectivity index (χ0n) is 12.7. The van der Waals surface area contributed by atoms with E-state index in [2.05, 4.69) is 11.4 Å². The van der Waals surface area contributed by atoms with E-state index in [0.717, 1.165) is 24.1 Å². The Labute approximate surface area is 131 Å². The third-order valence-electron chi connectivity index (χ3n) is 3.51. The normalized spacial score (nSPS) is 10.2. The number of hydrogen-bond acceptors (Lipinski definition) is 4. The van der Waals surface area contributed by atoms with E-state index >= 15 is 0 Å². The van der Waals surface area contributed by atoms with Crippen molar-refractivity contribution < 1.29 is 9.84 Å². The summed E-state index contributed by atoms with van der Waals surface area (Å²) in [6, 6.07) is 15.7. The number of hydrogen-bond donors (Lipinski definition) is 2. The van der Waals surface area contributed by atoms with Crippen molar-refractivity contribution in [2.75, 3.05) is 13.7 Å². The number of nitrogens with zero attached hydrogens (tertiary/aromatic N) is 1. The number of aliphatic hydroxyl groups is 1. The van der Waals surface area contributed by atoms with Crippen LogP contribution >= 0.6 is 0 Å². The predicted molar refractivity (Wildman–Crippen MR) is 85.5 cm³/mol. The lowest BCUT2D eigenvalue weighted by Crippen LogP contribution is -2.16. The molecule has 22 heavy (non-hydrogen) atoms.